The van der Waals surface area contributed by atoms with Gasteiger partial charge in [0.15, 0.2) is 6.61 Å². The summed E-state index contributed by atoms with van der Waals surface area (Å²) in [4.78, 5) is 31.7. The van der Waals surface area contributed by atoms with Crippen molar-refractivity contribution in [3.05, 3.63) is 38.4 Å². The number of oxime groups is 1. The molecule has 8 heteroatoms. The number of hydrogen-bond acceptors (Lipinski definition) is 7. The molecule has 1 aliphatic rings. The molecule has 1 aliphatic carbocycles. The molecule has 0 saturated carbocycles. The molecule has 0 spiro atoms. The van der Waals surface area contributed by atoms with E-state index in [0.717, 1.165) is 41.0 Å². The van der Waals surface area contributed by atoms with Gasteiger partial charge < -0.3 is 14.9 Å². The minimum atomic E-state index is -0.376. The Labute approximate surface area is 159 Å². The summed E-state index contributed by atoms with van der Waals surface area (Å²) < 4.78 is 5.18. The van der Waals surface area contributed by atoms with Gasteiger partial charge in [0.25, 0.3) is 5.91 Å². The lowest BCUT2D eigenvalue weighted by Gasteiger charge is -2.12. The van der Waals surface area contributed by atoms with Crippen molar-refractivity contribution in [2.24, 2.45) is 5.16 Å². The number of carbonyl (C=O) groups is 2. The van der Waals surface area contributed by atoms with Crippen molar-refractivity contribution in [1.29, 1.82) is 0 Å². The van der Waals surface area contributed by atoms with Crippen molar-refractivity contribution in [1.82, 2.24) is 0 Å². The smallest absolute Gasteiger partial charge is 0.341 e. The second-order valence-corrected chi connectivity index (χ2v) is 7.79. The lowest BCUT2D eigenvalue weighted by atomic mass is 9.95. The molecule has 0 unspecified atom stereocenters. The van der Waals surface area contributed by atoms with E-state index in [1.165, 1.54) is 22.7 Å². The molecular weight excluding hydrogens is 372 g/mol. The van der Waals surface area contributed by atoms with Gasteiger partial charge in [-0.05, 0) is 49.6 Å². The summed E-state index contributed by atoms with van der Waals surface area (Å²) in [5, 5.41) is 9.05. The molecule has 1 amide bonds. The van der Waals surface area contributed by atoms with Crippen LogP contribution in [0.4, 0.5) is 5.00 Å². The Morgan fingerprint density at radius 3 is 2.96 bits per heavy atom. The summed E-state index contributed by atoms with van der Waals surface area (Å²) in [6.07, 6.45) is 5.49. The van der Waals surface area contributed by atoms with Gasteiger partial charge in [0, 0.05) is 9.75 Å². The van der Waals surface area contributed by atoms with Gasteiger partial charge in [0.2, 0.25) is 0 Å². The highest BCUT2D eigenvalue weighted by Gasteiger charge is 2.27. The molecule has 138 valence electrons. The van der Waals surface area contributed by atoms with Crippen molar-refractivity contribution in [3.63, 3.8) is 0 Å². The first-order valence-electron chi connectivity index (χ1n) is 8.49. The number of hydrogen-bond donors (Lipinski definition) is 1. The zero-order valence-corrected chi connectivity index (χ0v) is 16.1. The summed E-state index contributed by atoms with van der Waals surface area (Å²) in [6, 6.07) is 3.81. The van der Waals surface area contributed by atoms with Crippen LogP contribution < -0.4 is 5.32 Å². The van der Waals surface area contributed by atoms with Gasteiger partial charge in [-0.1, -0.05) is 11.2 Å². The molecule has 2 aromatic rings. The number of aryl methyl sites for hydroxylation is 1. The molecule has 3 rings (SSSR count). The van der Waals surface area contributed by atoms with E-state index in [2.05, 4.69) is 10.5 Å². The molecule has 0 aromatic carbocycles. The third-order valence-electron chi connectivity index (χ3n) is 3.90. The zero-order valence-electron chi connectivity index (χ0n) is 14.4. The number of nitrogens with one attached hydrogen (secondary N) is 1. The summed E-state index contributed by atoms with van der Waals surface area (Å²) in [5.41, 5.74) is 1.52. The first-order valence-corrected chi connectivity index (χ1v) is 10.2. The normalized spacial score (nSPS) is 13.4. The molecule has 0 atom stereocenters. The van der Waals surface area contributed by atoms with E-state index < -0.39 is 0 Å². The predicted molar refractivity (Wildman–Crippen MR) is 103 cm³/mol. The number of thiophene rings is 2. The van der Waals surface area contributed by atoms with Crippen molar-refractivity contribution in [3.8, 4) is 0 Å². The number of carbonyl (C=O) groups excluding carboxylic acids is 2. The lowest BCUT2D eigenvalue weighted by molar-refractivity contribution is -0.120. The van der Waals surface area contributed by atoms with E-state index in [4.69, 9.17) is 9.57 Å². The maximum Gasteiger partial charge on any atom is 0.341 e. The number of rotatable bonds is 7. The van der Waals surface area contributed by atoms with Crippen LogP contribution >= 0.6 is 22.7 Å². The Balaban J connectivity index is 1.65. The molecule has 0 bridgehead atoms. The molecule has 6 nitrogen and oxygen atoms in total. The van der Waals surface area contributed by atoms with Gasteiger partial charge in [-0.3, -0.25) is 4.79 Å². The van der Waals surface area contributed by atoms with Crippen LogP contribution in [0.5, 0.6) is 0 Å². The molecule has 0 fully saturated rings. The van der Waals surface area contributed by atoms with Crippen molar-refractivity contribution in [2.45, 2.75) is 32.6 Å². The lowest BCUT2D eigenvalue weighted by Crippen LogP contribution is -2.19. The van der Waals surface area contributed by atoms with Crippen LogP contribution in [0.2, 0.25) is 0 Å². The van der Waals surface area contributed by atoms with Gasteiger partial charge >= 0.3 is 5.97 Å². The standard InChI is InChI=1S/C18H20N2O4S2/c1-2-23-18(22)16-13-7-3-4-8-14(13)26-17(16)20-15(21)11-24-19-10-12-6-5-9-25-12/h5-6,9-10H,2-4,7-8,11H2,1H3,(H,20,21)/b19-10-. The molecule has 0 aliphatic heterocycles. The summed E-state index contributed by atoms with van der Waals surface area (Å²) >= 11 is 2.99. The highest BCUT2D eigenvalue weighted by atomic mass is 32.1. The summed E-state index contributed by atoms with van der Waals surface area (Å²) in [6.45, 7) is 1.86. The quantitative estimate of drug-likeness (QED) is 0.441. The van der Waals surface area contributed by atoms with E-state index in [1.807, 2.05) is 17.5 Å². The highest BCUT2D eigenvalue weighted by Crippen LogP contribution is 2.38. The van der Waals surface area contributed by atoms with Gasteiger partial charge in [-0.2, -0.15) is 0 Å². The average molecular weight is 393 g/mol. The molecule has 0 saturated heterocycles. The minimum absolute atomic E-state index is 0.216. The fourth-order valence-electron chi connectivity index (χ4n) is 2.79. The van der Waals surface area contributed by atoms with E-state index in [1.54, 1.807) is 13.1 Å². The number of esters is 1. The third-order valence-corrected chi connectivity index (χ3v) is 5.91. The van der Waals surface area contributed by atoms with Crippen molar-refractivity contribution in [2.75, 3.05) is 18.5 Å². The van der Waals surface area contributed by atoms with Crippen LogP contribution in [0.15, 0.2) is 22.7 Å². The average Bonchev–Trinajstić information content (AvgIpc) is 3.26. The monoisotopic (exact) mass is 392 g/mol. The SMILES string of the molecule is CCOC(=O)c1c(NC(=O)CO/N=C\c2cccs2)sc2c1CCCC2. The van der Waals surface area contributed by atoms with Crippen LogP contribution in [0.25, 0.3) is 0 Å². The number of fused-ring (bicyclic) bond motifs is 1. The van der Waals surface area contributed by atoms with Gasteiger partial charge in [0.1, 0.15) is 5.00 Å². The second kappa shape index (κ2) is 8.95. The Morgan fingerprint density at radius 1 is 1.35 bits per heavy atom. The molecule has 1 N–H and O–H groups in total. The van der Waals surface area contributed by atoms with E-state index in [-0.39, 0.29) is 18.5 Å². The number of ether oxygens (including phenoxy) is 1. The second-order valence-electron chi connectivity index (χ2n) is 5.71. The maximum absolute atomic E-state index is 12.4. The fourth-order valence-corrected chi connectivity index (χ4v) is 4.65. The number of amides is 1. The highest BCUT2D eigenvalue weighted by molar-refractivity contribution is 7.17. The molecule has 0 radical (unpaired) electrons. The Hall–Kier alpha value is -2.19. The topological polar surface area (TPSA) is 77.0 Å². The van der Waals surface area contributed by atoms with E-state index >= 15 is 0 Å². The summed E-state index contributed by atoms with van der Waals surface area (Å²) in [5.74, 6) is -0.726. The van der Waals surface area contributed by atoms with Gasteiger partial charge in [-0.15, -0.1) is 22.7 Å². The molecule has 2 aromatic heterocycles. The third kappa shape index (κ3) is 4.50. The van der Waals surface area contributed by atoms with Crippen LogP contribution in [0.1, 0.15) is 45.4 Å². The number of nitrogens with zero attached hydrogens (tertiary/aromatic N) is 1. The van der Waals surface area contributed by atoms with Crippen molar-refractivity contribution < 1.29 is 19.2 Å². The Morgan fingerprint density at radius 2 is 2.19 bits per heavy atom. The van der Waals surface area contributed by atoms with Crippen LogP contribution in [-0.2, 0) is 27.2 Å². The number of anilines is 1. The Kier molecular flexibility index (Phi) is 6.40. The van der Waals surface area contributed by atoms with Gasteiger partial charge in [0.05, 0.1) is 18.4 Å². The molecular formula is C18H20N2O4S2. The Bertz CT molecular complexity index is 796. The van der Waals surface area contributed by atoms with Crippen LogP contribution in [0, 0.1) is 0 Å². The zero-order chi connectivity index (χ0) is 18.4. The molecule has 2 heterocycles. The summed E-state index contributed by atoms with van der Waals surface area (Å²) in [7, 11) is 0. The fraction of sp³-hybridized carbons (Fsp3) is 0.389. The molecule has 26 heavy (non-hydrogen) atoms. The predicted octanol–water partition coefficient (Wildman–Crippen LogP) is 3.85. The van der Waals surface area contributed by atoms with E-state index in [9.17, 15) is 9.59 Å². The maximum atomic E-state index is 12.4. The van der Waals surface area contributed by atoms with E-state index in [0.29, 0.717) is 17.2 Å². The van der Waals surface area contributed by atoms with Gasteiger partial charge in [-0.25, -0.2) is 4.79 Å². The van der Waals surface area contributed by atoms with Crippen LogP contribution in [-0.4, -0.2) is 31.3 Å². The first kappa shape index (κ1) is 18.6. The van der Waals surface area contributed by atoms with Crippen molar-refractivity contribution >= 4 is 45.8 Å². The minimum Gasteiger partial charge on any atom is -0.462 e. The van der Waals surface area contributed by atoms with Crippen LogP contribution in [0.3, 0.4) is 0 Å². The first-order chi connectivity index (χ1) is 12.7. The largest absolute Gasteiger partial charge is 0.462 e.